The van der Waals surface area contributed by atoms with Gasteiger partial charge in [0.2, 0.25) is 0 Å². The summed E-state index contributed by atoms with van der Waals surface area (Å²) >= 11 is 3.11. The third kappa shape index (κ3) is 2.47. The van der Waals surface area contributed by atoms with Gasteiger partial charge in [0.05, 0.1) is 10.3 Å². The lowest BCUT2D eigenvalue weighted by molar-refractivity contribution is -0.385. The number of nitro benzene ring substituents is 1. The van der Waals surface area contributed by atoms with E-state index in [4.69, 9.17) is 5.73 Å². The van der Waals surface area contributed by atoms with Crippen LogP contribution >= 0.6 is 15.9 Å². The number of hydrogen-bond donors (Lipinski definition) is 1. The SMILES string of the molecule is Nc1ccc(C#CCBr)c([N+](=O)[O-])c1. The number of nitrogens with two attached hydrogens (primary N) is 1. The maximum atomic E-state index is 10.6. The van der Waals surface area contributed by atoms with Crippen LogP contribution in [0, 0.1) is 22.0 Å². The Morgan fingerprint density at radius 1 is 1.57 bits per heavy atom. The predicted octanol–water partition coefficient (Wildman–Crippen LogP) is 1.92. The number of halogens is 1. The molecule has 4 nitrogen and oxygen atoms in total. The molecule has 0 amide bonds. The Balaban J connectivity index is 3.22. The summed E-state index contributed by atoms with van der Waals surface area (Å²) in [6, 6.07) is 4.44. The van der Waals surface area contributed by atoms with Crippen molar-refractivity contribution in [3.63, 3.8) is 0 Å². The Kier molecular flexibility index (Phi) is 3.48. The Hall–Kier alpha value is -1.54. The van der Waals surface area contributed by atoms with Crippen LogP contribution in [-0.2, 0) is 0 Å². The lowest BCUT2D eigenvalue weighted by atomic mass is 10.1. The number of alkyl halides is 1. The zero-order valence-corrected chi connectivity index (χ0v) is 8.74. The normalized spacial score (nSPS) is 8.93. The van der Waals surface area contributed by atoms with E-state index in [9.17, 15) is 10.1 Å². The first kappa shape index (κ1) is 10.5. The fourth-order valence-corrected chi connectivity index (χ4v) is 1.07. The predicted molar refractivity (Wildman–Crippen MR) is 58.2 cm³/mol. The van der Waals surface area contributed by atoms with Gasteiger partial charge >= 0.3 is 0 Å². The van der Waals surface area contributed by atoms with Crippen LogP contribution in [0.4, 0.5) is 11.4 Å². The molecule has 1 aromatic rings. The number of benzene rings is 1. The molecule has 1 aromatic carbocycles. The molecule has 0 atom stereocenters. The lowest BCUT2D eigenvalue weighted by Gasteiger charge is -1.96. The maximum absolute atomic E-state index is 10.6. The van der Waals surface area contributed by atoms with E-state index in [1.807, 2.05) is 0 Å². The van der Waals surface area contributed by atoms with Crippen molar-refractivity contribution in [2.45, 2.75) is 0 Å². The van der Waals surface area contributed by atoms with E-state index in [0.717, 1.165) is 0 Å². The minimum atomic E-state index is -0.491. The van der Waals surface area contributed by atoms with Crippen LogP contribution in [0.2, 0.25) is 0 Å². The second-order valence-corrected chi connectivity index (χ2v) is 3.03. The van der Waals surface area contributed by atoms with Crippen molar-refractivity contribution in [3.05, 3.63) is 33.9 Å². The molecular weight excluding hydrogens is 248 g/mol. The van der Waals surface area contributed by atoms with Crippen LogP contribution in [0.15, 0.2) is 18.2 Å². The molecule has 0 aliphatic heterocycles. The molecule has 2 N–H and O–H groups in total. The first-order valence-electron chi connectivity index (χ1n) is 3.74. The van der Waals surface area contributed by atoms with Gasteiger partial charge in [-0.3, -0.25) is 10.1 Å². The fraction of sp³-hybridized carbons (Fsp3) is 0.111. The van der Waals surface area contributed by atoms with Crippen molar-refractivity contribution in [2.24, 2.45) is 0 Å². The monoisotopic (exact) mass is 254 g/mol. The Labute approximate surface area is 89.4 Å². The highest BCUT2D eigenvalue weighted by molar-refractivity contribution is 9.09. The summed E-state index contributed by atoms with van der Waals surface area (Å²) < 4.78 is 0. The van der Waals surface area contributed by atoms with Crippen molar-refractivity contribution < 1.29 is 4.92 Å². The Bertz CT molecular complexity index is 421. The third-order valence-corrected chi connectivity index (χ3v) is 1.79. The van der Waals surface area contributed by atoms with Crippen LogP contribution in [0.5, 0.6) is 0 Å². The summed E-state index contributed by atoms with van der Waals surface area (Å²) in [6.45, 7) is 0. The average Bonchev–Trinajstić information content (AvgIpc) is 2.15. The van der Waals surface area contributed by atoms with Crippen LogP contribution in [-0.4, -0.2) is 10.3 Å². The zero-order valence-electron chi connectivity index (χ0n) is 7.16. The van der Waals surface area contributed by atoms with Crippen molar-refractivity contribution in [1.82, 2.24) is 0 Å². The van der Waals surface area contributed by atoms with Gasteiger partial charge < -0.3 is 5.73 Å². The molecule has 0 aliphatic rings. The number of nitro groups is 1. The summed E-state index contributed by atoms with van der Waals surface area (Å²) in [5.74, 6) is 5.38. The largest absolute Gasteiger partial charge is 0.399 e. The van der Waals surface area contributed by atoms with Crippen molar-refractivity contribution in [1.29, 1.82) is 0 Å². The van der Waals surface area contributed by atoms with Gasteiger partial charge in [0.25, 0.3) is 5.69 Å². The molecule has 14 heavy (non-hydrogen) atoms. The van der Waals surface area contributed by atoms with E-state index >= 15 is 0 Å². The van der Waals surface area contributed by atoms with E-state index in [2.05, 4.69) is 27.8 Å². The van der Waals surface area contributed by atoms with Crippen LogP contribution in [0.3, 0.4) is 0 Å². The van der Waals surface area contributed by atoms with Crippen molar-refractivity contribution in [3.8, 4) is 11.8 Å². The highest BCUT2D eigenvalue weighted by atomic mass is 79.9. The smallest absolute Gasteiger partial charge is 0.286 e. The van der Waals surface area contributed by atoms with E-state index < -0.39 is 4.92 Å². The van der Waals surface area contributed by atoms with E-state index in [-0.39, 0.29) is 5.69 Å². The molecule has 0 radical (unpaired) electrons. The molecule has 5 heteroatoms. The van der Waals surface area contributed by atoms with E-state index in [1.165, 1.54) is 6.07 Å². The van der Waals surface area contributed by atoms with Gasteiger partial charge in [0.1, 0.15) is 5.56 Å². The van der Waals surface area contributed by atoms with Crippen LogP contribution < -0.4 is 5.73 Å². The number of nitrogen functional groups attached to an aromatic ring is 1. The molecule has 0 aliphatic carbocycles. The number of hydrogen-bond acceptors (Lipinski definition) is 3. The second kappa shape index (κ2) is 4.63. The standard InChI is InChI=1S/C9H7BrN2O2/c10-5-1-2-7-3-4-8(11)6-9(7)12(13)14/h3-4,6H,5,11H2. The molecule has 0 aromatic heterocycles. The van der Waals surface area contributed by atoms with Gasteiger partial charge in [-0.15, -0.1) is 0 Å². The summed E-state index contributed by atoms with van der Waals surface area (Å²) in [4.78, 5) is 10.1. The molecule has 0 saturated carbocycles. The molecule has 1 rings (SSSR count). The van der Waals surface area contributed by atoms with E-state index in [1.54, 1.807) is 12.1 Å². The molecule has 0 saturated heterocycles. The minimum Gasteiger partial charge on any atom is -0.399 e. The zero-order chi connectivity index (χ0) is 10.6. The molecule has 0 unspecified atom stereocenters. The highest BCUT2D eigenvalue weighted by Gasteiger charge is 2.11. The first-order valence-corrected chi connectivity index (χ1v) is 4.86. The molecule has 72 valence electrons. The lowest BCUT2D eigenvalue weighted by Crippen LogP contribution is -1.94. The summed E-state index contributed by atoms with van der Waals surface area (Å²) in [5, 5.41) is 11.1. The van der Waals surface area contributed by atoms with Gasteiger partial charge in [-0.1, -0.05) is 27.8 Å². The topological polar surface area (TPSA) is 69.2 Å². The molecule has 0 heterocycles. The molecular formula is C9H7BrN2O2. The summed E-state index contributed by atoms with van der Waals surface area (Å²) in [5.41, 5.74) is 6.12. The number of rotatable bonds is 1. The van der Waals surface area contributed by atoms with Crippen LogP contribution in [0.25, 0.3) is 0 Å². The van der Waals surface area contributed by atoms with Gasteiger partial charge in [-0.2, -0.15) is 0 Å². The summed E-state index contributed by atoms with van der Waals surface area (Å²) in [7, 11) is 0. The number of anilines is 1. The fourth-order valence-electron chi connectivity index (χ4n) is 0.934. The quantitative estimate of drug-likeness (QED) is 0.274. The van der Waals surface area contributed by atoms with Gasteiger partial charge in [0, 0.05) is 11.8 Å². The molecule has 0 spiro atoms. The first-order chi connectivity index (χ1) is 6.65. The van der Waals surface area contributed by atoms with Crippen molar-refractivity contribution in [2.75, 3.05) is 11.1 Å². The van der Waals surface area contributed by atoms with E-state index in [0.29, 0.717) is 16.6 Å². The summed E-state index contributed by atoms with van der Waals surface area (Å²) in [6.07, 6.45) is 0. The van der Waals surface area contributed by atoms with Crippen LogP contribution in [0.1, 0.15) is 5.56 Å². The molecule has 0 bridgehead atoms. The Morgan fingerprint density at radius 3 is 2.86 bits per heavy atom. The number of nitrogens with zero attached hydrogens (tertiary/aromatic N) is 1. The average molecular weight is 255 g/mol. The minimum absolute atomic E-state index is 0.0570. The second-order valence-electron chi connectivity index (χ2n) is 2.47. The highest BCUT2D eigenvalue weighted by Crippen LogP contribution is 2.20. The Morgan fingerprint density at radius 2 is 2.29 bits per heavy atom. The van der Waals surface area contributed by atoms with Gasteiger partial charge in [-0.25, -0.2) is 0 Å². The van der Waals surface area contributed by atoms with Crippen molar-refractivity contribution >= 4 is 27.3 Å². The maximum Gasteiger partial charge on any atom is 0.286 e. The van der Waals surface area contributed by atoms with Gasteiger partial charge in [0.15, 0.2) is 0 Å². The van der Waals surface area contributed by atoms with Gasteiger partial charge in [-0.05, 0) is 12.1 Å². The third-order valence-electron chi connectivity index (χ3n) is 1.51. The molecule has 0 fully saturated rings.